The Bertz CT molecular complexity index is 540. The van der Waals surface area contributed by atoms with Crippen molar-refractivity contribution in [2.75, 3.05) is 26.2 Å². The van der Waals surface area contributed by atoms with E-state index in [0.717, 1.165) is 44.0 Å². The molecule has 0 unspecified atom stereocenters. The standard InChI is InChI=1S/C16H26N4O2S/c1-11-7-19(8-12(2)22-11)9-13-4-3-5-20(13)16(21)14-10-23-15(6-17)18-14/h10-13H,3-9,17H2,1-2H3/t11-,12-,13+/m1/s1. The van der Waals surface area contributed by atoms with Gasteiger partial charge in [0, 0.05) is 44.1 Å². The highest BCUT2D eigenvalue weighted by Gasteiger charge is 2.33. The molecule has 3 heterocycles. The third-order valence-corrected chi connectivity index (χ3v) is 5.42. The summed E-state index contributed by atoms with van der Waals surface area (Å²) in [6.07, 6.45) is 2.66. The van der Waals surface area contributed by atoms with Crippen molar-refractivity contribution in [1.82, 2.24) is 14.8 Å². The van der Waals surface area contributed by atoms with Gasteiger partial charge in [-0.1, -0.05) is 0 Å². The molecule has 0 aromatic carbocycles. The lowest BCUT2D eigenvalue weighted by molar-refractivity contribution is -0.0715. The van der Waals surface area contributed by atoms with Crippen LogP contribution in [0.4, 0.5) is 0 Å². The van der Waals surface area contributed by atoms with Crippen LogP contribution in [0.15, 0.2) is 5.38 Å². The number of thiazole rings is 1. The van der Waals surface area contributed by atoms with Crippen molar-refractivity contribution in [3.63, 3.8) is 0 Å². The zero-order valence-corrected chi connectivity index (χ0v) is 14.7. The Labute approximate surface area is 141 Å². The van der Waals surface area contributed by atoms with E-state index in [9.17, 15) is 4.79 Å². The number of likely N-dealkylation sites (tertiary alicyclic amines) is 1. The van der Waals surface area contributed by atoms with Gasteiger partial charge in [-0.3, -0.25) is 9.69 Å². The Morgan fingerprint density at radius 2 is 2.17 bits per heavy atom. The fourth-order valence-corrected chi connectivity index (χ4v) is 4.32. The van der Waals surface area contributed by atoms with Crippen molar-refractivity contribution in [3.8, 4) is 0 Å². The van der Waals surface area contributed by atoms with Crippen molar-refractivity contribution < 1.29 is 9.53 Å². The summed E-state index contributed by atoms with van der Waals surface area (Å²) in [4.78, 5) is 21.5. The van der Waals surface area contributed by atoms with Crippen LogP contribution in [0, 0.1) is 0 Å². The van der Waals surface area contributed by atoms with Crippen LogP contribution in [0.5, 0.6) is 0 Å². The molecule has 1 aromatic rings. The molecule has 7 heteroatoms. The number of nitrogens with zero attached hydrogens (tertiary/aromatic N) is 3. The number of ether oxygens (including phenoxy) is 1. The number of morpholine rings is 1. The van der Waals surface area contributed by atoms with Gasteiger partial charge in [-0.15, -0.1) is 11.3 Å². The van der Waals surface area contributed by atoms with Crippen LogP contribution in [0.25, 0.3) is 0 Å². The van der Waals surface area contributed by atoms with Gasteiger partial charge in [0.05, 0.1) is 12.2 Å². The highest BCUT2D eigenvalue weighted by atomic mass is 32.1. The Hall–Kier alpha value is -1.02. The highest BCUT2D eigenvalue weighted by Crippen LogP contribution is 2.23. The maximum atomic E-state index is 12.7. The summed E-state index contributed by atoms with van der Waals surface area (Å²) in [7, 11) is 0. The predicted molar refractivity (Wildman–Crippen MR) is 90.5 cm³/mol. The average Bonchev–Trinajstić information content (AvgIpc) is 3.14. The summed E-state index contributed by atoms with van der Waals surface area (Å²) >= 11 is 1.46. The molecule has 0 aliphatic carbocycles. The molecule has 0 bridgehead atoms. The normalized spacial score (nSPS) is 29.2. The first-order chi connectivity index (χ1) is 11.1. The van der Waals surface area contributed by atoms with Gasteiger partial charge >= 0.3 is 0 Å². The topological polar surface area (TPSA) is 71.7 Å². The third kappa shape index (κ3) is 3.91. The van der Waals surface area contributed by atoms with E-state index in [1.54, 1.807) is 0 Å². The second-order valence-electron chi connectivity index (χ2n) is 6.60. The van der Waals surface area contributed by atoms with Crippen LogP contribution in [0.3, 0.4) is 0 Å². The Kier molecular flexibility index (Phi) is 5.31. The molecule has 2 fully saturated rings. The van der Waals surface area contributed by atoms with E-state index in [1.165, 1.54) is 11.3 Å². The predicted octanol–water partition coefficient (Wildman–Crippen LogP) is 1.32. The first kappa shape index (κ1) is 16.8. The molecule has 2 aliphatic rings. The zero-order valence-electron chi connectivity index (χ0n) is 13.9. The third-order valence-electron chi connectivity index (χ3n) is 4.55. The first-order valence-corrected chi connectivity index (χ1v) is 9.28. The molecule has 2 aliphatic heterocycles. The van der Waals surface area contributed by atoms with E-state index >= 15 is 0 Å². The SMILES string of the molecule is C[C@@H]1CN(C[C@@H]2CCCN2C(=O)c2csc(CN)n2)C[C@@H](C)O1. The molecule has 6 nitrogen and oxygen atoms in total. The molecular weight excluding hydrogens is 312 g/mol. The van der Waals surface area contributed by atoms with Crippen LogP contribution in [-0.4, -0.2) is 65.1 Å². The fourth-order valence-electron chi connectivity index (χ4n) is 3.67. The van der Waals surface area contributed by atoms with Gasteiger partial charge in [0.15, 0.2) is 0 Å². The lowest BCUT2D eigenvalue weighted by Gasteiger charge is -2.38. The maximum Gasteiger partial charge on any atom is 0.273 e. The van der Waals surface area contributed by atoms with Gasteiger partial charge in [0.1, 0.15) is 10.7 Å². The number of rotatable bonds is 4. The van der Waals surface area contributed by atoms with Crippen molar-refractivity contribution in [3.05, 3.63) is 16.1 Å². The van der Waals surface area contributed by atoms with Gasteiger partial charge in [-0.05, 0) is 26.7 Å². The van der Waals surface area contributed by atoms with Crippen molar-refractivity contribution in [2.45, 2.75) is 51.5 Å². The number of carbonyl (C=O) groups is 1. The van der Waals surface area contributed by atoms with Crippen molar-refractivity contribution in [2.24, 2.45) is 5.73 Å². The van der Waals surface area contributed by atoms with Gasteiger partial charge < -0.3 is 15.4 Å². The smallest absolute Gasteiger partial charge is 0.273 e. The molecule has 2 N–H and O–H groups in total. The van der Waals surface area contributed by atoms with Crippen LogP contribution in [0.1, 0.15) is 42.2 Å². The van der Waals surface area contributed by atoms with Crippen LogP contribution in [-0.2, 0) is 11.3 Å². The second kappa shape index (κ2) is 7.25. The summed E-state index contributed by atoms with van der Waals surface area (Å²) < 4.78 is 5.80. The quantitative estimate of drug-likeness (QED) is 0.896. The highest BCUT2D eigenvalue weighted by molar-refractivity contribution is 7.09. The van der Waals surface area contributed by atoms with Gasteiger partial charge in [-0.2, -0.15) is 0 Å². The largest absolute Gasteiger partial charge is 0.373 e. The summed E-state index contributed by atoms with van der Waals surface area (Å²) in [6.45, 7) is 8.26. The summed E-state index contributed by atoms with van der Waals surface area (Å²) in [6, 6.07) is 0.281. The fraction of sp³-hybridized carbons (Fsp3) is 0.750. The lowest BCUT2D eigenvalue weighted by Crippen LogP contribution is -2.51. The molecular formula is C16H26N4O2S. The minimum absolute atomic E-state index is 0.0535. The van der Waals surface area contributed by atoms with E-state index in [-0.39, 0.29) is 24.2 Å². The molecule has 3 atom stereocenters. The average molecular weight is 338 g/mol. The molecule has 128 valence electrons. The molecule has 2 saturated heterocycles. The molecule has 0 spiro atoms. The molecule has 1 amide bonds. The molecule has 3 rings (SSSR count). The summed E-state index contributed by atoms with van der Waals surface area (Å²) in [5.74, 6) is 0.0535. The Balaban J connectivity index is 1.64. The number of carbonyl (C=O) groups excluding carboxylic acids is 1. The van der Waals surface area contributed by atoms with Gasteiger partial charge in [0.25, 0.3) is 5.91 Å². The Morgan fingerprint density at radius 3 is 2.83 bits per heavy atom. The van der Waals surface area contributed by atoms with E-state index in [0.29, 0.717) is 12.2 Å². The van der Waals surface area contributed by atoms with Crippen molar-refractivity contribution in [1.29, 1.82) is 0 Å². The number of hydrogen-bond acceptors (Lipinski definition) is 6. The maximum absolute atomic E-state index is 12.7. The first-order valence-electron chi connectivity index (χ1n) is 8.40. The molecule has 1 aromatic heterocycles. The molecule has 0 radical (unpaired) electrons. The van der Waals surface area contributed by atoms with Crippen LogP contribution >= 0.6 is 11.3 Å². The molecule has 23 heavy (non-hydrogen) atoms. The van der Waals surface area contributed by atoms with E-state index < -0.39 is 0 Å². The van der Waals surface area contributed by atoms with Crippen LogP contribution in [0.2, 0.25) is 0 Å². The minimum Gasteiger partial charge on any atom is -0.373 e. The number of aromatic nitrogens is 1. The zero-order chi connectivity index (χ0) is 16.4. The minimum atomic E-state index is 0.0535. The van der Waals surface area contributed by atoms with Crippen molar-refractivity contribution >= 4 is 17.2 Å². The second-order valence-corrected chi connectivity index (χ2v) is 7.54. The number of hydrogen-bond donors (Lipinski definition) is 1. The van der Waals surface area contributed by atoms with E-state index in [1.807, 2.05) is 10.3 Å². The summed E-state index contributed by atoms with van der Waals surface area (Å²) in [5, 5.41) is 2.65. The van der Waals surface area contributed by atoms with E-state index in [2.05, 4.69) is 23.7 Å². The summed E-state index contributed by atoms with van der Waals surface area (Å²) in [5.41, 5.74) is 6.15. The number of amides is 1. The van der Waals surface area contributed by atoms with Gasteiger partial charge in [-0.25, -0.2) is 4.98 Å². The monoisotopic (exact) mass is 338 g/mol. The van der Waals surface area contributed by atoms with E-state index in [4.69, 9.17) is 10.5 Å². The molecule has 0 saturated carbocycles. The van der Waals surface area contributed by atoms with Gasteiger partial charge in [0.2, 0.25) is 0 Å². The lowest BCUT2D eigenvalue weighted by atomic mass is 10.1. The Morgan fingerprint density at radius 1 is 1.43 bits per heavy atom. The number of nitrogens with two attached hydrogens (primary N) is 1. The van der Waals surface area contributed by atoms with Crippen LogP contribution < -0.4 is 5.73 Å².